The number of aryl methyl sites for hydroxylation is 1. The van der Waals surface area contributed by atoms with Crippen LogP contribution in [0.4, 0.5) is 11.4 Å². The molecule has 0 radical (unpaired) electrons. The Morgan fingerprint density at radius 3 is 2.11 bits per heavy atom. The molecule has 7 nitrogen and oxygen atoms in total. The molecule has 3 N–H and O–H groups in total. The molecule has 0 aliphatic rings. The Balaban J connectivity index is 2.12. The van der Waals surface area contributed by atoms with Crippen LogP contribution >= 0.6 is 0 Å². The van der Waals surface area contributed by atoms with Crippen molar-refractivity contribution in [2.24, 2.45) is 5.92 Å². The molecule has 0 fully saturated rings. The average Bonchev–Trinajstić information content (AvgIpc) is 2.91. The summed E-state index contributed by atoms with van der Waals surface area (Å²) in [5.74, 6) is -0.994. The first-order valence-corrected chi connectivity index (χ1v) is 8.83. The predicted octanol–water partition coefficient (Wildman–Crippen LogP) is 3.66. The second kappa shape index (κ2) is 8.53. The van der Waals surface area contributed by atoms with Crippen molar-refractivity contribution in [1.82, 2.24) is 4.98 Å². The lowest BCUT2D eigenvalue weighted by atomic mass is 10.1. The van der Waals surface area contributed by atoms with Gasteiger partial charge in [-0.3, -0.25) is 9.59 Å². The van der Waals surface area contributed by atoms with Gasteiger partial charge in [0, 0.05) is 23.0 Å². The Morgan fingerprint density at radius 1 is 1.04 bits per heavy atom. The first-order valence-electron chi connectivity index (χ1n) is 8.83. The molecule has 2 amide bonds. The van der Waals surface area contributed by atoms with E-state index >= 15 is 0 Å². The number of carbonyl (C=O) groups is 3. The number of hydrogen-bond donors (Lipinski definition) is 3. The molecular formula is C20H25N3O4. The van der Waals surface area contributed by atoms with E-state index in [0.29, 0.717) is 33.9 Å². The van der Waals surface area contributed by atoms with Gasteiger partial charge in [-0.05, 0) is 50.6 Å². The highest BCUT2D eigenvalue weighted by molar-refractivity contribution is 6.07. The minimum Gasteiger partial charge on any atom is -0.462 e. The fraction of sp³-hybridized carbons (Fsp3) is 0.350. The van der Waals surface area contributed by atoms with Crippen LogP contribution in [0, 0.1) is 19.8 Å². The topological polar surface area (TPSA) is 100 Å². The molecule has 2 aromatic rings. The Labute approximate surface area is 158 Å². The number of nitrogens with one attached hydrogen (secondary N) is 3. The maximum atomic E-state index is 12.6. The molecule has 0 atom stereocenters. The Bertz CT molecular complexity index is 851. The summed E-state index contributed by atoms with van der Waals surface area (Å²) in [5.41, 5.74) is 3.06. The largest absolute Gasteiger partial charge is 0.462 e. The quantitative estimate of drug-likeness (QED) is 0.675. The van der Waals surface area contributed by atoms with Gasteiger partial charge in [0.1, 0.15) is 5.69 Å². The number of carbonyl (C=O) groups excluding carboxylic acids is 3. The van der Waals surface area contributed by atoms with Gasteiger partial charge in [-0.25, -0.2) is 4.79 Å². The summed E-state index contributed by atoms with van der Waals surface area (Å²) in [5, 5.41) is 5.57. The van der Waals surface area contributed by atoms with E-state index in [0.717, 1.165) is 0 Å². The van der Waals surface area contributed by atoms with E-state index in [2.05, 4.69) is 15.6 Å². The number of H-pyrrole nitrogens is 1. The third-order valence-corrected chi connectivity index (χ3v) is 4.08. The van der Waals surface area contributed by atoms with Gasteiger partial charge in [0.05, 0.1) is 12.2 Å². The zero-order chi connectivity index (χ0) is 20.1. The van der Waals surface area contributed by atoms with Crippen molar-refractivity contribution in [2.45, 2.75) is 34.6 Å². The van der Waals surface area contributed by atoms with Crippen LogP contribution < -0.4 is 10.6 Å². The summed E-state index contributed by atoms with van der Waals surface area (Å²) in [4.78, 5) is 39.3. The smallest absolute Gasteiger partial charge is 0.340 e. The molecule has 0 saturated heterocycles. The molecule has 1 heterocycles. The highest BCUT2D eigenvalue weighted by Crippen LogP contribution is 2.21. The van der Waals surface area contributed by atoms with E-state index in [4.69, 9.17) is 4.74 Å². The van der Waals surface area contributed by atoms with Crippen LogP contribution in [0.5, 0.6) is 0 Å². The lowest BCUT2D eigenvalue weighted by molar-refractivity contribution is -0.118. The van der Waals surface area contributed by atoms with E-state index in [9.17, 15) is 14.4 Å². The maximum absolute atomic E-state index is 12.6. The number of hydrogen-bond acceptors (Lipinski definition) is 4. The highest BCUT2D eigenvalue weighted by atomic mass is 16.5. The lowest BCUT2D eigenvalue weighted by Crippen LogP contribution is -2.18. The molecule has 0 aliphatic carbocycles. The molecular weight excluding hydrogens is 346 g/mol. The zero-order valence-corrected chi connectivity index (χ0v) is 16.2. The minimum absolute atomic E-state index is 0.0734. The van der Waals surface area contributed by atoms with E-state index in [-0.39, 0.29) is 24.3 Å². The Hall–Kier alpha value is -3.09. The van der Waals surface area contributed by atoms with Gasteiger partial charge in [-0.15, -0.1) is 0 Å². The number of esters is 1. The van der Waals surface area contributed by atoms with Gasteiger partial charge in [0.25, 0.3) is 5.91 Å². The van der Waals surface area contributed by atoms with Crippen LogP contribution in [0.15, 0.2) is 24.3 Å². The van der Waals surface area contributed by atoms with Crippen molar-refractivity contribution in [3.8, 4) is 0 Å². The van der Waals surface area contributed by atoms with E-state index in [1.807, 2.05) is 13.8 Å². The van der Waals surface area contributed by atoms with Crippen molar-refractivity contribution in [3.63, 3.8) is 0 Å². The van der Waals surface area contributed by atoms with E-state index in [1.54, 1.807) is 45.0 Å². The van der Waals surface area contributed by atoms with Crippen molar-refractivity contribution >= 4 is 29.2 Å². The fourth-order valence-corrected chi connectivity index (χ4v) is 2.60. The molecule has 1 aromatic heterocycles. The van der Waals surface area contributed by atoms with Crippen molar-refractivity contribution in [3.05, 3.63) is 46.8 Å². The number of rotatable bonds is 6. The molecule has 0 spiro atoms. The monoisotopic (exact) mass is 371 g/mol. The third-order valence-electron chi connectivity index (χ3n) is 4.08. The lowest BCUT2D eigenvalue weighted by Gasteiger charge is -2.09. The number of anilines is 2. The summed E-state index contributed by atoms with van der Waals surface area (Å²) in [7, 11) is 0. The average molecular weight is 371 g/mol. The van der Waals surface area contributed by atoms with Gasteiger partial charge < -0.3 is 20.4 Å². The predicted molar refractivity (Wildman–Crippen MR) is 104 cm³/mol. The van der Waals surface area contributed by atoms with E-state index < -0.39 is 5.97 Å². The van der Waals surface area contributed by atoms with Crippen molar-refractivity contribution in [1.29, 1.82) is 0 Å². The summed E-state index contributed by atoms with van der Waals surface area (Å²) in [6.45, 7) is 9.06. The summed E-state index contributed by atoms with van der Waals surface area (Å²) < 4.78 is 5.04. The number of aromatic nitrogens is 1. The number of amides is 2. The van der Waals surface area contributed by atoms with Gasteiger partial charge >= 0.3 is 5.97 Å². The molecule has 1 aromatic carbocycles. The fourth-order valence-electron chi connectivity index (χ4n) is 2.60. The zero-order valence-electron chi connectivity index (χ0n) is 16.2. The standard InChI is InChI=1S/C20H25N3O4/c1-6-27-20(26)16-12(4)17(21-13(16)5)19(25)23-15-9-7-14(8-10-15)22-18(24)11(2)3/h7-11,21H,6H2,1-5H3,(H,22,24)(H,23,25). The van der Waals surface area contributed by atoms with Crippen LogP contribution in [0.25, 0.3) is 0 Å². The van der Waals surface area contributed by atoms with Crippen LogP contribution in [0.2, 0.25) is 0 Å². The minimum atomic E-state index is -0.451. The Kier molecular flexibility index (Phi) is 6.39. The van der Waals surface area contributed by atoms with E-state index in [1.165, 1.54) is 0 Å². The molecule has 0 bridgehead atoms. The first kappa shape index (κ1) is 20.2. The number of ether oxygens (including phenoxy) is 1. The highest BCUT2D eigenvalue weighted by Gasteiger charge is 2.22. The van der Waals surface area contributed by atoms with Crippen LogP contribution in [-0.2, 0) is 9.53 Å². The first-order chi connectivity index (χ1) is 12.7. The molecule has 7 heteroatoms. The molecule has 144 valence electrons. The normalized spacial score (nSPS) is 10.6. The van der Waals surface area contributed by atoms with Crippen molar-refractivity contribution < 1.29 is 19.1 Å². The second-order valence-electron chi connectivity index (χ2n) is 6.52. The van der Waals surface area contributed by atoms with Crippen LogP contribution in [0.3, 0.4) is 0 Å². The molecule has 2 rings (SSSR count). The molecule has 0 saturated carbocycles. The molecule has 0 unspecified atom stereocenters. The summed E-state index contributed by atoms with van der Waals surface area (Å²) >= 11 is 0. The van der Waals surface area contributed by atoms with Crippen LogP contribution in [-0.4, -0.2) is 29.4 Å². The van der Waals surface area contributed by atoms with Crippen LogP contribution in [0.1, 0.15) is 52.9 Å². The maximum Gasteiger partial charge on any atom is 0.340 e. The summed E-state index contributed by atoms with van der Waals surface area (Å²) in [6.07, 6.45) is 0. The van der Waals surface area contributed by atoms with Gasteiger partial charge in [0.2, 0.25) is 5.91 Å². The summed E-state index contributed by atoms with van der Waals surface area (Å²) in [6, 6.07) is 6.83. The Morgan fingerprint density at radius 2 is 1.59 bits per heavy atom. The van der Waals surface area contributed by atoms with Crippen molar-refractivity contribution in [2.75, 3.05) is 17.2 Å². The molecule has 0 aliphatic heterocycles. The number of aromatic amines is 1. The van der Waals surface area contributed by atoms with Gasteiger partial charge in [-0.1, -0.05) is 13.8 Å². The third kappa shape index (κ3) is 4.75. The second-order valence-corrected chi connectivity index (χ2v) is 6.52. The molecule has 27 heavy (non-hydrogen) atoms. The van der Waals surface area contributed by atoms with Gasteiger partial charge in [-0.2, -0.15) is 0 Å². The van der Waals surface area contributed by atoms with Gasteiger partial charge in [0.15, 0.2) is 0 Å². The SMILES string of the molecule is CCOC(=O)c1c(C)[nH]c(C(=O)Nc2ccc(NC(=O)C(C)C)cc2)c1C. The number of benzene rings is 1.